The number of ether oxygens (including phenoxy) is 1. The van der Waals surface area contributed by atoms with Gasteiger partial charge in [-0.2, -0.15) is 0 Å². The van der Waals surface area contributed by atoms with Crippen LogP contribution in [0.3, 0.4) is 0 Å². The van der Waals surface area contributed by atoms with Crippen molar-refractivity contribution in [3.8, 4) is 0 Å². The summed E-state index contributed by atoms with van der Waals surface area (Å²) in [4.78, 5) is 25.2. The minimum Gasteiger partial charge on any atom is -0.481 e. The summed E-state index contributed by atoms with van der Waals surface area (Å²) in [6.07, 6.45) is 4.65. The zero-order valence-electron chi connectivity index (χ0n) is 10.7. The van der Waals surface area contributed by atoms with E-state index < -0.39 is 17.8 Å². The van der Waals surface area contributed by atoms with Crippen molar-refractivity contribution >= 4 is 11.9 Å². The van der Waals surface area contributed by atoms with Crippen molar-refractivity contribution in [3.63, 3.8) is 0 Å². The van der Waals surface area contributed by atoms with Gasteiger partial charge in [0.05, 0.1) is 11.8 Å². The molecule has 0 aliphatic heterocycles. The van der Waals surface area contributed by atoms with Gasteiger partial charge in [0.2, 0.25) is 0 Å². The molecule has 0 heterocycles. The van der Waals surface area contributed by atoms with Crippen LogP contribution >= 0.6 is 0 Å². The number of carboxylic acid groups (broad SMARTS) is 1. The molecule has 1 N–H and O–H groups in total. The molecule has 4 atom stereocenters. The fourth-order valence-corrected chi connectivity index (χ4v) is 2.91. The van der Waals surface area contributed by atoms with E-state index in [-0.39, 0.29) is 17.8 Å². The summed E-state index contributed by atoms with van der Waals surface area (Å²) in [6, 6.07) is 0. The van der Waals surface area contributed by atoms with Crippen molar-refractivity contribution in [2.24, 2.45) is 23.7 Å². The molecule has 0 radical (unpaired) electrons. The molecule has 2 aliphatic rings. The van der Waals surface area contributed by atoms with Crippen LogP contribution in [0.1, 0.15) is 6.42 Å². The lowest BCUT2D eigenvalue weighted by Crippen LogP contribution is -2.35. The summed E-state index contributed by atoms with van der Waals surface area (Å²) >= 11 is 0. The Kier molecular flexibility index (Phi) is 3.71. The van der Waals surface area contributed by atoms with Gasteiger partial charge in [-0.3, -0.25) is 9.59 Å². The van der Waals surface area contributed by atoms with E-state index in [1.54, 1.807) is 0 Å². The van der Waals surface area contributed by atoms with Gasteiger partial charge in [-0.05, 0) is 32.4 Å². The molecule has 5 nitrogen and oxygen atoms in total. The maximum Gasteiger partial charge on any atom is 0.310 e. The van der Waals surface area contributed by atoms with Crippen molar-refractivity contribution in [3.05, 3.63) is 12.2 Å². The van der Waals surface area contributed by atoms with Crippen LogP contribution in [-0.4, -0.2) is 49.2 Å². The van der Waals surface area contributed by atoms with E-state index in [0.29, 0.717) is 13.2 Å². The third kappa shape index (κ3) is 2.41. The van der Waals surface area contributed by atoms with Crippen molar-refractivity contribution < 1.29 is 19.4 Å². The minimum atomic E-state index is -0.888. The highest BCUT2D eigenvalue weighted by atomic mass is 16.5. The summed E-state index contributed by atoms with van der Waals surface area (Å²) in [5, 5.41) is 9.22. The van der Waals surface area contributed by atoms with Crippen LogP contribution in [0, 0.1) is 23.7 Å². The lowest BCUT2D eigenvalue weighted by Gasteiger charge is -2.23. The average Bonchev–Trinajstić information content (AvgIpc) is 2.87. The van der Waals surface area contributed by atoms with Gasteiger partial charge < -0.3 is 14.7 Å². The monoisotopic (exact) mass is 253 g/mol. The normalized spacial score (nSPS) is 33.1. The predicted octanol–water partition coefficient (Wildman–Crippen LogP) is 0.614. The van der Waals surface area contributed by atoms with Crippen LogP contribution < -0.4 is 0 Å². The molecule has 100 valence electrons. The number of likely N-dealkylation sites (N-methyl/N-ethyl adjacent to an activating group) is 1. The van der Waals surface area contributed by atoms with E-state index in [0.717, 1.165) is 6.42 Å². The first-order valence-electron chi connectivity index (χ1n) is 6.23. The quantitative estimate of drug-likeness (QED) is 0.574. The number of nitrogens with zero attached hydrogens (tertiary/aromatic N) is 1. The molecule has 0 aromatic carbocycles. The Morgan fingerprint density at radius 1 is 1.28 bits per heavy atom. The second-order valence-electron chi connectivity index (χ2n) is 5.31. The number of rotatable bonds is 5. The number of allylic oxidation sites excluding steroid dienone is 2. The third-order valence-electron chi connectivity index (χ3n) is 3.80. The van der Waals surface area contributed by atoms with Crippen LogP contribution in [0.4, 0.5) is 0 Å². The SMILES string of the molecule is CN(C)CCOC(=O)[C@@H]1[C@@H](C(=O)O)[C@H]2C=C[C@@H]1C2. The van der Waals surface area contributed by atoms with Gasteiger partial charge in [0, 0.05) is 6.54 Å². The third-order valence-corrected chi connectivity index (χ3v) is 3.80. The van der Waals surface area contributed by atoms with E-state index in [4.69, 9.17) is 4.74 Å². The number of fused-ring (bicyclic) bond motifs is 2. The molecule has 2 rings (SSSR count). The zero-order chi connectivity index (χ0) is 13.3. The number of carbonyl (C=O) groups excluding carboxylic acids is 1. The highest BCUT2D eigenvalue weighted by Gasteiger charge is 2.52. The first kappa shape index (κ1) is 13.1. The highest BCUT2D eigenvalue weighted by molar-refractivity contribution is 5.83. The smallest absolute Gasteiger partial charge is 0.310 e. The van der Waals surface area contributed by atoms with Gasteiger partial charge >= 0.3 is 11.9 Å². The Morgan fingerprint density at radius 3 is 2.44 bits per heavy atom. The van der Waals surface area contributed by atoms with Gasteiger partial charge in [-0.1, -0.05) is 12.2 Å². The van der Waals surface area contributed by atoms with Crippen LogP contribution in [0.25, 0.3) is 0 Å². The number of carboxylic acids is 1. The first-order chi connectivity index (χ1) is 8.50. The summed E-state index contributed by atoms with van der Waals surface area (Å²) in [7, 11) is 3.79. The van der Waals surface area contributed by atoms with E-state index in [9.17, 15) is 14.7 Å². The van der Waals surface area contributed by atoms with Crippen molar-refractivity contribution in [1.82, 2.24) is 4.90 Å². The first-order valence-corrected chi connectivity index (χ1v) is 6.23. The van der Waals surface area contributed by atoms with E-state index in [1.165, 1.54) is 0 Å². The van der Waals surface area contributed by atoms with E-state index in [1.807, 2.05) is 31.1 Å². The van der Waals surface area contributed by atoms with E-state index >= 15 is 0 Å². The Bertz CT molecular complexity index is 377. The maximum atomic E-state index is 12.0. The van der Waals surface area contributed by atoms with Gasteiger partial charge in [0.25, 0.3) is 0 Å². The van der Waals surface area contributed by atoms with Gasteiger partial charge in [0.1, 0.15) is 6.61 Å². The zero-order valence-corrected chi connectivity index (χ0v) is 10.7. The molecule has 2 bridgehead atoms. The number of hydrogen-bond donors (Lipinski definition) is 1. The lowest BCUT2D eigenvalue weighted by molar-refractivity contribution is -0.158. The number of esters is 1. The van der Waals surface area contributed by atoms with Crippen LogP contribution in [0.15, 0.2) is 12.2 Å². The molecule has 0 aromatic heterocycles. The van der Waals surface area contributed by atoms with Crippen molar-refractivity contribution in [2.75, 3.05) is 27.2 Å². The number of hydrogen-bond acceptors (Lipinski definition) is 4. The Morgan fingerprint density at radius 2 is 1.89 bits per heavy atom. The fraction of sp³-hybridized carbons (Fsp3) is 0.692. The van der Waals surface area contributed by atoms with Gasteiger partial charge in [-0.15, -0.1) is 0 Å². The summed E-state index contributed by atoms with van der Waals surface area (Å²) in [5.74, 6) is -2.31. The second kappa shape index (κ2) is 5.10. The summed E-state index contributed by atoms with van der Waals surface area (Å²) in [5.41, 5.74) is 0. The molecule has 18 heavy (non-hydrogen) atoms. The average molecular weight is 253 g/mol. The molecule has 2 aliphatic carbocycles. The second-order valence-corrected chi connectivity index (χ2v) is 5.31. The minimum absolute atomic E-state index is 0.00102. The standard InChI is InChI=1S/C13H19NO4/c1-14(2)5-6-18-13(17)11-9-4-3-8(7-9)10(11)12(15)16/h3-4,8-11H,5-7H2,1-2H3,(H,15,16)/t8-,9+,10-,11-/m0/s1. The van der Waals surface area contributed by atoms with Crippen molar-refractivity contribution in [1.29, 1.82) is 0 Å². The molecule has 0 amide bonds. The predicted molar refractivity (Wildman–Crippen MR) is 64.9 cm³/mol. The molecule has 0 saturated heterocycles. The van der Waals surface area contributed by atoms with Gasteiger partial charge in [0.15, 0.2) is 0 Å². The van der Waals surface area contributed by atoms with Gasteiger partial charge in [-0.25, -0.2) is 0 Å². The number of aliphatic carboxylic acids is 1. The maximum absolute atomic E-state index is 12.0. The molecular weight excluding hydrogens is 234 g/mol. The Hall–Kier alpha value is -1.36. The summed E-state index contributed by atoms with van der Waals surface area (Å²) < 4.78 is 5.19. The molecule has 5 heteroatoms. The Labute approximate surface area is 106 Å². The van der Waals surface area contributed by atoms with Crippen LogP contribution in [-0.2, 0) is 14.3 Å². The molecule has 0 spiro atoms. The lowest BCUT2D eigenvalue weighted by atomic mass is 9.83. The molecule has 0 unspecified atom stereocenters. The van der Waals surface area contributed by atoms with E-state index in [2.05, 4.69) is 0 Å². The van der Waals surface area contributed by atoms with Crippen molar-refractivity contribution in [2.45, 2.75) is 6.42 Å². The molecular formula is C13H19NO4. The molecule has 0 aromatic rings. The topological polar surface area (TPSA) is 66.8 Å². The van der Waals surface area contributed by atoms with Crippen LogP contribution in [0.2, 0.25) is 0 Å². The summed E-state index contributed by atoms with van der Waals surface area (Å²) in [6.45, 7) is 0.968. The number of carbonyl (C=O) groups is 2. The molecule has 1 fully saturated rings. The van der Waals surface area contributed by atoms with Crippen LogP contribution in [0.5, 0.6) is 0 Å². The largest absolute Gasteiger partial charge is 0.481 e. The highest BCUT2D eigenvalue weighted by Crippen LogP contribution is 2.48. The Balaban J connectivity index is 1.96. The molecule has 1 saturated carbocycles. The fourth-order valence-electron chi connectivity index (χ4n) is 2.91.